The maximum absolute atomic E-state index is 12.0. The Hall–Kier alpha value is -0.870. The lowest BCUT2D eigenvalue weighted by molar-refractivity contribution is 0.575. The third-order valence-corrected chi connectivity index (χ3v) is 5.01. The molecular formula is C10H16ClN3O4S2. The predicted molar refractivity (Wildman–Crippen MR) is 78.5 cm³/mol. The third-order valence-electron chi connectivity index (χ3n) is 2.28. The molecule has 20 heavy (non-hydrogen) atoms. The molecule has 0 unspecified atom stereocenters. The van der Waals surface area contributed by atoms with Crippen LogP contribution in [0, 0.1) is 0 Å². The summed E-state index contributed by atoms with van der Waals surface area (Å²) in [6.45, 7) is 0.203. The highest BCUT2D eigenvalue weighted by molar-refractivity contribution is 7.89. The van der Waals surface area contributed by atoms with E-state index < -0.39 is 20.0 Å². The van der Waals surface area contributed by atoms with Crippen molar-refractivity contribution in [2.75, 3.05) is 25.1 Å². The van der Waals surface area contributed by atoms with E-state index in [1.807, 2.05) is 0 Å². The van der Waals surface area contributed by atoms with Crippen LogP contribution in [0.15, 0.2) is 23.1 Å². The van der Waals surface area contributed by atoms with Gasteiger partial charge in [0.05, 0.1) is 17.0 Å². The fourth-order valence-electron chi connectivity index (χ4n) is 1.43. The van der Waals surface area contributed by atoms with Crippen molar-refractivity contribution in [3.8, 4) is 0 Å². The van der Waals surface area contributed by atoms with Crippen molar-refractivity contribution < 1.29 is 16.8 Å². The summed E-state index contributed by atoms with van der Waals surface area (Å²) >= 11 is 5.82. The lowest BCUT2D eigenvalue weighted by atomic mass is 10.3. The molecular weight excluding hydrogens is 326 g/mol. The summed E-state index contributed by atoms with van der Waals surface area (Å²) < 4.78 is 50.2. The first-order valence-corrected chi connectivity index (χ1v) is 9.37. The van der Waals surface area contributed by atoms with Crippen LogP contribution < -0.4 is 15.2 Å². The first-order chi connectivity index (χ1) is 9.13. The number of rotatable bonds is 7. The molecule has 114 valence electrons. The van der Waals surface area contributed by atoms with Gasteiger partial charge in [0.15, 0.2) is 0 Å². The van der Waals surface area contributed by atoms with Crippen molar-refractivity contribution in [1.82, 2.24) is 9.44 Å². The maximum atomic E-state index is 12.0. The molecule has 0 aliphatic heterocycles. The Morgan fingerprint density at radius 3 is 2.30 bits per heavy atom. The van der Waals surface area contributed by atoms with Crippen LogP contribution in [0.25, 0.3) is 0 Å². The molecule has 0 aromatic heterocycles. The van der Waals surface area contributed by atoms with Crippen LogP contribution in [-0.4, -0.2) is 36.2 Å². The third kappa shape index (κ3) is 5.25. The Labute approximate surface area is 123 Å². The largest absolute Gasteiger partial charge is 0.398 e. The van der Waals surface area contributed by atoms with Crippen LogP contribution >= 0.6 is 11.6 Å². The summed E-state index contributed by atoms with van der Waals surface area (Å²) in [6.07, 6.45) is 1.33. The number of benzene rings is 1. The van der Waals surface area contributed by atoms with Crippen molar-refractivity contribution in [2.45, 2.75) is 11.3 Å². The number of nitrogens with two attached hydrogens (primary N) is 1. The minimum Gasteiger partial charge on any atom is -0.398 e. The number of halogens is 1. The van der Waals surface area contributed by atoms with Crippen LogP contribution in [0.2, 0.25) is 5.02 Å². The van der Waals surface area contributed by atoms with Gasteiger partial charge in [-0.15, -0.1) is 0 Å². The van der Waals surface area contributed by atoms with Gasteiger partial charge in [-0.1, -0.05) is 17.7 Å². The molecule has 7 nitrogen and oxygen atoms in total. The zero-order chi connectivity index (χ0) is 15.4. The van der Waals surface area contributed by atoms with Crippen LogP contribution in [0.3, 0.4) is 0 Å². The van der Waals surface area contributed by atoms with Crippen molar-refractivity contribution in [2.24, 2.45) is 0 Å². The molecule has 0 bridgehead atoms. The van der Waals surface area contributed by atoms with Gasteiger partial charge in [-0.3, -0.25) is 0 Å². The maximum Gasteiger partial charge on any atom is 0.244 e. The van der Waals surface area contributed by atoms with Crippen LogP contribution in [0.1, 0.15) is 6.42 Å². The van der Waals surface area contributed by atoms with Crippen molar-refractivity contribution in [1.29, 1.82) is 0 Å². The van der Waals surface area contributed by atoms with E-state index in [9.17, 15) is 16.8 Å². The molecule has 0 radical (unpaired) electrons. The molecule has 0 aliphatic rings. The molecule has 0 heterocycles. The monoisotopic (exact) mass is 341 g/mol. The van der Waals surface area contributed by atoms with E-state index in [4.69, 9.17) is 17.3 Å². The molecule has 0 saturated heterocycles. The SMILES string of the molecule is CS(=O)(=O)NCCCNS(=O)(=O)c1c(N)cccc1Cl. The van der Waals surface area contributed by atoms with E-state index in [0.29, 0.717) is 6.42 Å². The molecule has 10 heteroatoms. The minimum atomic E-state index is -3.82. The fourth-order valence-corrected chi connectivity index (χ4v) is 3.70. The Balaban J connectivity index is 2.63. The van der Waals surface area contributed by atoms with E-state index >= 15 is 0 Å². The quantitative estimate of drug-likeness (QED) is 0.481. The summed E-state index contributed by atoms with van der Waals surface area (Å²) in [7, 11) is -7.10. The van der Waals surface area contributed by atoms with E-state index in [0.717, 1.165) is 6.26 Å². The highest BCUT2D eigenvalue weighted by atomic mass is 35.5. The molecule has 1 aromatic carbocycles. The Morgan fingerprint density at radius 2 is 1.75 bits per heavy atom. The molecule has 1 rings (SSSR count). The normalized spacial score (nSPS) is 12.5. The number of anilines is 1. The second-order valence-electron chi connectivity index (χ2n) is 4.08. The lowest BCUT2D eigenvalue weighted by Crippen LogP contribution is -2.30. The number of hydrogen-bond donors (Lipinski definition) is 3. The van der Waals surface area contributed by atoms with E-state index in [1.54, 1.807) is 6.07 Å². The van der Waals surface area contributed by atoms with Crippen molar-refractivity contribution in [3.05, 3.63) is 23.2 Å². The highest BCUT2D eigenvalue weighted by Gasteiger charge is 2.20. The lowest BCUT2D eigenvalue weighted by Gasteiger charge is -2.10. The molecule has 0 amide bonds. The summed E-state index contributed by atoms with van der Waals surface area (Å²) in [5.41, 5.74) is 5.65. The number of nitrogens with one attached hydrogen (secondary N) is 2. The van der Waals surface area contributed by atoms with Crippen molar-refractivity contribution >= 4 is 37.3 Å². The fraction of sp³-hybridized carbons (Fsp3) is 0.400. The van der Waals surface area contributed by atoms with Crippen LogP contribution in [-0.2, 0) is 20.0 Å². The van der Waals surface area contributed by atoms with Gasteiger partial charge in [0.1, 0.15) is 4.90 Å². The molecule has 0 fully saturated rings. The molecule has 0 spiro atoms. The predicted octanol–water partition coefficient (Wildman–Crippen LogP) is 0.140. The molecule has 0 saturated carbocycles. The van der Waals surface area contributed by atoms with Gasteiger partial charge in [-0.05, 0) is 18.6 Å². The number of nitrogen functional groups attached to an aromatic ring is 1. The van der Waals surface area contributed by atoms with E-state index in [-0.39, 0.29) is 28.7 Å². The zero-order valence-corrected chi connectivity index (χ0v) is 13.1. The number of hydrogen-bond acceptors (Lipinski definition) is 5. The average Bonchev–Trinajstić information content (AvgIpc) is 2.26. The van der Waals surface area contributed by atoms with Gasteiger partial charge in [-0.25, -0.2) is 26.3 Å². The van der Waals surface area contributed by atoms with Crippen molar-refractivity contribution in [3.63, 3.8) is 0 Å². The summed E-state index contributed by atoms with van der Waals surface area (Å²) in [6, 6.07) is 4.41. The second-order valence-corrected chi connectivity index (χ2v) is 8.02. The van der Waals surface area contributed by atoms with Gasteiger partial charge >= 0.3 is 0 Å². The topological polar surface area (TPSA) is 118 Å². The smallest absolute Gasteiger partial charge is 0.244 e. The minimum absolute atomic E-state index is 0.0340. The average molecular weight is 342 g/mol. The first kappa shape index (κ1) is 17.2. The van der Waals surface area contributed by atoms with Gasteiger partial charge in [0, 0.05) is 13.1 Å². The van der Waals surface area contributed by atoms with Gasteiger partial charge in [0.25, 0.3) is 0 Å². The van der Waals surface area contributed by atoms with E-state index in [2.05, 4.69) is 9.44 Å². The summed E-state index contributed by atoms with van der Waals surface area (Å²) in [5.74, 6) is 0. The molecule has 0 aliphatic carbocycles. The second kappa shape index (κ2) is 6.72. The summed E-state index contributed by atoms with van der Waals surface area (Å²) in [4.78, 5) is -0.169. The molecule has 1 aromatic rings. The Kier molecular flexibility index (Phi) is 5.78. The van der Waals surface area contributed by atoms with Crippen LogP contribution in [0.5, 0.6) is 0 Å². The van der Waals surface area contributed by atoms with Gasteiger partial charge in [-0.2, -0.15) is 0 Å². The Morgan fingerprint density at radius 1 is 1.15 bits per heavy atom. The first-order valence-electron chi connectivity index (χ1n) is 5.62. The highest BCUT2D eigenvalue weighted by Crippen LogP contribution is 2.26. The van der Waals surface area contributed by atoms with Gasteiger partial charge < -0.3 is 5.73 Å². The van der Waals surface area contributed by atoms with Crippen LogP contribution in [0.4, 0.5) is 5.69 Å². The zero-order valence-electron chi connectivity index (χ0n) is 10.8. The van der Waals surface area contributed by atoms with E-state index in [1.165, 1.54) is 12.1 Å². The standard InChI is InChI=1S/C10H16ClN3O4S2/c1-19(15,16)13-6-3-7-14-20(17,18)10-8(11)4-2-5-9(10)12/h2,4-5,13-14H,3,6-7,12H2,1H3. The Bertz CT molecular complexity index is 653. The van der Waals surface area contributed by atoms with Gasteiger partial charge in [0.2, 0.25) is 20.0 Å². The summed E-state index contributed by atoms with van der Waals surface area (Å²) in [5, 5.41) is 0.0340. The molecule has 4 N–H and O–H groups in total. The number of sulfonamides is 2. The molecule has 0 atom stereocenters.